The van der Waals surface area contributed by atoms with Crippen molar-refractivity contribution < 1.29 is 4.79 Å². The van der Waals surface area contributed by atoms with Gasteiger partial charge < -0.3 is 5.73 Å². The summed E-state index contributed by atoms with van der Waals surface area (Å²) < 4.78 is 0. The second-order valence-electron chi connectivity index (χ2n) is 3.63. The fourth-order valence-corrected chi connectivity index (χ4v) is 1.67. The molecule has 1 heterocycles. The van der Waals surface area contributed by atoms with E-state index in [9.17, 15) is 4.79 Å². The molecule has 0 aliphatic rings. The Labute approximate surface area is 87.9 Å². The van der Waals surface area contributed by atoms with Crippen molar-refractivity contribution in [2.24, 2.45) is 5.73 Å². The highest BCUT2D eigenvalue weighted by Gasteiger charge is 2.05. The second-order valence-corrected chi connectivity index (χ2v) is 3.63. The number of aromatic nitrogens is 1. The summed E-state index contributed by atoms with van der Waals surface area (Å²) in [6.45, 7) is 2.04. The van der Waals surface area contributed by atoms with E-state index in [4.69, 9.17) is 5.73 Å². The summed E-state index contributed by atoms with van der Waals surface area (Å²) in [5.41, 5.74) is 7.11. The van der Waals surface area contributed by atoms with Crippen LogP contribution in [-0.4, -0.2) is 10.9 Å². The Morgan fingerprint density at radius 2 is 2.20 bits per heavy atom. The zero-order chi connectivity index (χ0) is 10.8. The molecular formula is C12H12N2O. The van der Waals surface area contributed by atoms with E-state index in [-0.39, 0.29) is 12.3 Å². The molecule has 0 fully saturated rings. The fraction of sp³-hybridized carbons (Fsp3) is 0.167. The molecule has 2 rings (SSSR count). The van der Waals surface area contributed by atoms with E-state index >= 15 is 0 Å². The topological polar surface area (TPSA) is 56.0 Å². The average Bonchev–Trinajstić information content (AvgIpc) is 2.16. The van der Waals surface area contributed by atoms with Gasteiger partial charge in [-0.05, 0) is 18.4 Å². The molecule has 3 heteroatoms. The van der Waals surface area contributed by atoms with Gasteiger partial charge in [0, 0.05) is 11.6 Å². The van der Waals surface area contributed by atoms with Crippen LogP contribution in [0.4, 0.5) is 0 Å². The van der Waals surface area contributed by atoms with Crippen LogP contribution in [0.15, 0.2) is 30.5 Å². The van der Waals surface area contributed by atoms with Crippen molar-refractivity contribution in [1.82, 2.24) is 4.98 Å². The molecule has 0 saturated carbocycles. The van der Waals surface area contributed by atoms with Crippen LogP contribution in [0.1, 0.15) is 11.3 Å². The average molecular weight is 200 g/mol. The van der Waals surface area contributed by atoms with Crippen LogP contribution < -0.4 is 5.73 Å². The first-order valence-electron chi connectivity index (χ1n) is 4.79. The largest absolute Gasteiger partial charge is 0.369 e. The minimum atomic E-state index is -0.351. The Morgan fingerprint density at radius 3 is 2.93 bits per heavy atom. The molecule has 1 aromatic carbocycles. The molecule has 0 saturated heterocycles. The van der Waals surface area contributed by atoms with Gasteiger partial charge in [0.05, 0.1) is 12.1 Å². The van der Waals surface area contributed by atoms with Crippen molar-refractivity contribution in [2.75, 3.05) is 0 Å². The number of hydrogen-bond donors (Lipinski definition) is 1. The van der Waals surface area contributed by atoms with Gasteiger partial charge >= 0.3 is 0 Å². The van der Waals surface area contributed by atoms with Crippen LogP contribution in [0.5, 0.6) is 0 Å². The van der Waals surface area contributed by atoms with E-state index in [0.29, 0.717) is 0 Å². The SMILES string of the molecule is Cc1ccc2c(CC(N)=O)nccc2c1. The van der Waals surface area contributed by atoms with Crippen LogP contribution in [0.2, 0.25) is 0 Å². The van der Waals surface area contributed by atoms with Crippen LogP contribution in [0.3, 0.4) is 0 Å². The highest BCUT2D eigenvalue weighted by molar-refractivity contribution is 5.88. The Kier molecular flexibility index (Phi) is 2.37. The first-order valence-corrected chi connectivity index (χ1v) is 4.79. The van der Waals surface area contributed by atoms with Crippen LogP contribution >= 0.6 is 0 Å². The lowest BCUT2D eigenvalue weighted by atomic mass is 10.1. The highest BCUT2D eigenvalue weighted by atomic mass is 16.1. The third-order valence-electron chi connectivity index (χ3n) is 2.34. The van der Waals surface area contributed by atoms with Crippen molar-refractivity contribution in [3.05, 3.63) is 41.7 Å². The zero-order valence-electron chi connectivity index (χ0n) is 8.53. The number of carbonyl (C=O) groups excluding carboxylic acids is 1. The van der Waals surface area contributed by atoms with Crippen molar-refractivity contribution in [1.29, 1.82) is 0 Å². The maximum absolute atomic E-state index is 10.9. The number of benzene rings is 1. The molecular weight excluding hydrogens is 188 g/mol. The molecule has 1 amide bonds. The van der Waals surface area contributed by atoms with Crippen LogP contribution in [0.25, 0.3) is 10.8 Å². The molecule has 1 aromatic heterocycles. The predicted molar refractivity (Wildman–Crippen MR) is 59.4 cm³/mol. The van der Waals surface area contributed by atoms with E-state index in [0.717, 1.165) is 16.5 Å². The van der Waals surface area contributed by atoms with Gasteiger partial charge in [0.2, 0.25) is 5.91 Å². The summed E-state index contributed by atoms with van der Waals surface area (Å²) in [5.74, 6) is -0.351. The Bertz CT molecular complexity index is 520. The van der Waals surface area contributed by atoms with Gasteiger partial charge in [-0.15, -0.1) is 0 Å². The molecule has 0 bridgehead atoms. The first-order chi connectivity index (χ1) is 7.16. The number of amides is 1. The molecule has 2 aromatic rings. The fourth-order valence-electron chi connectivity index (χ4n) is 1.67. The van der Waals surface area contributed by atoms with Gasteiger partial charge in [0.25, 0.3) is 0 Å². The van der Waals surface area contributed by atoms with Gasteiger partial charge in [-0.3, -0.25) is 9.78 Å². The number of aryl methyl sites for hydroxylation is 1. The number of carbonyl (C=O) groups is 1. The molecule has 76 valence electrons. The lowest BCUT2D eigenvalue weighted by Crippen LogP contribution is -2.14. The lowest BCUT2D eigenvalue weighted by molar-refractivity contribution is -0.117. The lowest BCUT2D eigenvalue weighted by Gasteiger charge is -2.04. The van der Waals surface area contributed by atoms with E-state index in [1.165, 1.54) is 5.56 Å². The Balaban J connectivity index is 2.60. The van der Waals surface area contributed by atoms with Crippen molar-refractivity contribution in [3.8, 4) is 0 Å². The van der Waals surface area contributed by atoms with E-state index in [2.05, 4.69) is 11.1 Å². The second kappa shape index (κ2) is 3.69. The van der Waals surface area contributed by atoms with Crippen molar-refractivity contribution in [2.45, 2.75) is 13.3 Å². The van der Waals surface area contributed by atoms with Gasteiger partial charge in [-0.1, -0.05) is 23.8 Å². The molecule has 0 atom stereocenters. The summed E-state index contributed by atoms with van der Waals surface area (Å²) in [6.07, 6.45) is 1.90. The van der Waals surface area contributed by atoms with Crippen LogP contribution in [0, 0.1) is 6.92 Å². The number of nitrogens with two attached hydrogens (primary N) is 1. The maximum Gasteiger partial charge on any atom is 0.223 e. The number of nitrogens with zero attached hydrogens (tertiary/aromatic N) is 1. The summed E-state index contributed by atoms with van der Waals surface area (Å²) >= 11 is 0. The van der Waals surface area contributed by atoms with Crippen molar-refractivity contribution in [3.63, 3.8) is 0 Å². The number of primary amides is 1. The summed E-state index contributed by atoms with van der Waals surface area (Å²) in [4.78, 5) is 15.0. The van der Waals surface area contributed by atoms with E-state index < -0.39 is 0 Å². The van der Waals surface area contributed by atoms with Crippen molar-refractivity contribution >= 4 is 16.7 Å². The maximum atomic E-state index is 10.9. The summed E-state index contributed by atoms with van der Waals surface area (Å²) in [7, 11) is 0. The molecule has 0 spiro atoms. The first kappa shape index (κ1) is 9.65. The minimum absolute atomic E-state index is 0.195. The van der Waals surface area contributed by atoms with Gasteiger partial charge in [0.15, 0.2) is 0 Å². The molecule has 15 heavy (non-hydrogen) atoms. The number of hydrogen-bond acceptors (Lipinski definition) is 2. The third kappa shape index (κ3) is 1.96. The molecule has 0 aliphatic heterocycles. The van der Waals surface area contributed by atoms with E-state index in [1.54, 1.807) is 6.20 Å². The predicted octanol–water partition coefficient (Wildman–Crippen LogP) is 1.57. The van der Waals surface area contributed by atoms with Crippen LogP contribution in [-0.2, 0) is 11.2 Å². The number of pyridine rings is 1. The monoisotopic (exact) mass is 200 g/mol. The molecule has 3 nitrogen and oxygen atoms in total. The smallest absolute Gasteiger partial charge is 0.223 e. The Morgan fingerprint density at radius 1 is 1.40 bits per heavy atom. The van der Waals surface area contributed by atoms with Gasteiger partial charge in [-0.2, -0.15) is 0 Å². The number of fused-ring (bicyclic) bond motifs is 1. The normalized spacial score (nSPS) is 10.5. The molecule has 0 radical (unpaired) electrons. The zero-order valence-corrected chi connectivity index (χ0v) is 8.53. The Hall–Kier alpha value is -1.90. The third-order valence-corrected chi connectivity index (χ3v) is 2.34. The standard InChI is InChI=1S/C12H12N2O/c1-8-2-3-10-9(6-8)4-5-14-11(10)7-12(13)15/h2-6H,7H2,1H3,(H2,13,15). The molecule has 2 N–H and O–H groups in total. The van der Waals surface area contributed by atoms with Gasteiger partial charge in [-0.25, -0.2) is 0 Å². The quantitative estimate of drug-likeness (QED) is 0.800. The number of rotatable bonds is 2. The summed E-state index contributed by atoms with van der Waals surface area (Å²) in [6, 6.07) is 8.00. The summed E-state index contributed by atoms with van der Waals surface area (Å²) in [5, 5.41) is 2.10. The van der Waals surface area contributed by atoms with E-state index in [1.807, 2.05) is 25.1 Å². The minimum Gasteiger partial charge on any atom is -0.369 e. The highest BCUT2D eigenvalue weighted by Crippen LogP contribution is 2.18. The molecule has 0 unspecified atom stereocenters. The molecule has 0 aliphatic carbocycles. The van der Waals surface area contributed by atoms with Gasteiger partial charge in [0.1, 0.15) is 0 Å².